The molecule has 0 heterocycles. The molecule has 2 aliphatic rings. The molecular formula is C17H23BrN2O3S. The predicted molar refractivity (Wildman–Crippen MR) is 98.4 cm³/mol. The van der Waals surface area contributed by atoms with Crippen LogP contribution in [-0.2, 0) is 14.8 Å². The van der Waals surface area contributed by atoms with Crippen LogP contribution in [-0.4, -0.2) is 33.2 Å². The van der Waals surface area contributed by atoms with Gasteiger partial charge in [0, 0.05) is 10.5 Å². The maximum absolute atomic E-state index is 12.4. The summed E-state index contributed by atoms with van der Waals surface area (Å²) in [4.78, 5) is 12.4. The Kier molecular flexibility index (Phi) is 4.93. The van der Waals surface area contributed by atoms with Crippen LogP contribution in [0.4, 0.5) is 5.69 Å². The van der Waals surface area contributed by atoms with Crippen molar-refractivity contribution in [2.45, 2.75) is 38.6 Å². The predicted octanol–water partition coefficient (Wildman–Crippen LogP) is 2.83. The minimum Gasteiger partial charge on any atom is -0.352 e. The molecule has 3 atom stereocenters. The third-order valence-electron chi connectivity index (χ3n) is 5.20. The molecule has 0 unspecified atom stereocenters. The molecule has 0 spiro atoms. The second-order valence-electron chi connectivity index (χ2n) is 7.05. The molecule has 2 saturated carbocycles. The Hall–Kier alpha value is -1.08. The fraction of sp³-hybridized carbons (Fsp3) is 0.588. The summed E-state index contributed by atoms with van der Waals surface area (Å²) in [5, 5.41) is 3.05. The lowest BCUT2D eigenvalue weighted by atomic mass is 9.95. The highest BCUT2D eigenvalue weighted by atomic mass is 79.9. The van der Waals surface area contributed by atoms with Crippen LogP contribution in [0.5, 0.6) is 0 Å². The molecular weight excluding hydrogens is 392 g/mol. The first-order valence-corrected chi connectivity index (χ1v) is 10.9. The van der Waals surface area contributed by atoms with Gasteiger partial charge in [-0.25, -0.2) is 8.42 Å². The molecule has 1 amide bonds. The van der Waals surface area contributed by atoms with Crippen molar-refractivity contribution in [2.75, 3.05) is 17.1 Å². The number of aryl methyl sites for hydroxylation is 1. The quantitative estimate of drug-likeness (QED) is 0.805. The molecule has 7 heteroatoms. The number of hydrogen-bond acceptors (Lipinski definition) is 3. The van der Waals surface area contributed by atoms with Gasteiger partial charge in [-0.2, -0.15) is 0 Å². The number of anilines is 1. The maximum atomic E-state index is 12.4. The number of nitrogens with zero attached hydrogens (tertiary/aromatic N) is 1. The van der Waals surface area contributed by atoms with Crippen molar-refractivity contribution >= 4 is 37.5 Å². The number of sulfonamides is 1. The average molecular weight is 415 g/mol. The van der Waals surface area contributed by atoms with E-state index >= 15 is 0 Å². The number of benzene rings is 1. The van der Waals surface area contributed by atoms with Crippen molar-refractivity contribution in [1.29, 1.82) is 0 Å². The Morgan fingerprint density at radius 1 is 1.33 bits per heavy atom. The number of hydrogen-bond donors (Lipinski definition) is 1. The fourth-order valence-corrected chi connectivity index (χ4v) is 5.08. The Morgan fingerprint density at radius 3 is 2.62 bits per heavy atom. The molecule has 2 fully saturated rings. The molecule has 0 aliphatic heterocycles. The molecule has 24 heavy (non-hydrogen) atoms. The van der Waals surface area contributed by atoms with E-state index in [1.54, 1.807) is 18.2 Å². The van der Waals surface area contributed by atoms with Crippen molar-refractivity contribution in [1.82, 2.24) is 5.32 Å². The van der Waals surface area contributed by atoms with Crippen molar-refractivity contribution in [2.24, 2.45) is 11.8 Å². The lowest BCUT2D eigenvalue weighted by molar-refractivity contribution is -0.120. The van der Waals surface area contributed by atoms with Gasteiger partial charge in [-0.1, -0.05) is 22.4 Å². The highest BCUT2D eigenvalue weighted by Gasteiger charge is 2.40. The summed E-state index contributed by atoms with van der Waals surface area (Å²) >= 11 is 3.41. The van der Waals surface area contributed by atoms with Crippen molar-refractivity contribution in [3.8, 4) is 0 Å². The summed E-state index contributed by atoms with van der Waals surface area (Å²) in [6.45, 7) is 1.72. The summed E-state index contributed by atoms with van der Waals surface area (Å²) in [6.07, 6.45) is 5.82. The smallest absolute Gasteiger partial charge is 0.241 e. The van der Waals surface area contributed by atoms with E-state index in [1.165, 1.54) is 23.6 Å². The molecule has 3 rings (SSSR count). The second-order valence-corrected chi connectivity index (χ2v) is 9.81. The van der Waals surface area contributed by atoms with E-state index in [4.69, 9.17) is 0 Å². The van der Waals surface area contributed by atoms with Crippen molar-refractivity contribution in [3.05, 3.63) is 28.2 Å². The highest BCUT2D eigenvalue weighted by molar-refractivity contribution is 9.10. The molecule has 5 nitrogen and oxygen atoms in total. The fourth-order valence-electron chi connectivity index (χ4n) is 3.99. The number of halogens is 1. The number of nitrogens with one attached hydrogen (secondary N) is 1. The molecule has 2 aliphatic carbocycles. The average Bonchev–Trinajstić information content (AvgIpc) is 3.09. The highest BCUT2D eigenvalue weighted by Crippen LogP contribution is 2.44. The van der Waals surface area contributed by atoms with Gasteiger partial charge in [-0.15, -0.1) is 0 Å². The first-order valence-electron chi connectivity index (χ1n) is 8.27. The molecule has 0 saturated heterocycles. The number of fused-ring (bicyclic) bond motifs is 2. The standard InChI is InChI=1S/C17H23BrN2O3S/c1-11-7-14(5-6-15(11)18)20(24(2,22)23)10-17(21)19-16-9-12-3-4-13(16)8-12/h5-7,12-13,16H,3-4,8-10H2,1-2H3,(H,19,21)/t12-,13-,16+/m1/s1. The molecule has 1 aromatic rings. The van der Waals surface area contributed by atoms with E-state index in [1.807, 2.05) is 6.92 Å². The zero-order valence-electron chi connectivity index (χ0n) is 14.0. The van der Waals surface area contributed by atoms with E-state index < -0.39 is 10.0 Å². The summed E-state index contributed by atoms with van der Waals surface area (Å²) in [5.41, 5.74) is 1.44. The van der Waals surface area contributed by atoms with Gasteiger partial charge in [0.25, 0.3) is 0 Å². The van der Waals surface area contributed by atoms with Crippen LogP contribution in [0.25, 0.3) is 0 Å². The van der Waals surface area contributed by atoms with Gasteiger partial charge in [0.05, 0.1) is 11.9 Å². The second kappa shape index (κ2) is 6.67. The third kappa shape index (κ3) is 3.77. The maximum Gasteiger partial charge on any atom is 0.241 e. The van der Waals surface area contributed by atoms with Crippen LogP contribution in [0.3, 0.4) is 0 Å². The van der Waals surface area contributed by atoms with E-state index in [2.05, 4.69) is 21.2 Å². The Bertz CT molecular complexity index is 750. The first-order chi connectivity index (χ1) is 11.2. The molecule has 132 valence electrons. The summed E-state index contributed by atoms with van der Waals surface area (Å²) in [7, 11) is -3.53. The van der Waals surface area contributed by atoms with Gasteiger partial charge in [-0.3, -0.25) is 9.10 Å². The van der Waals surface area contributed by atoms with E-state index in [0.29, 0.717) is 11.6 Å². The number of carbonyl (C=O) groups is 1. The largest absolute Gasteiger partial charge is 0.352 e. The summed E-state index contributed by atoms with van der Waals surface area (Å²) in [6, 6.07) is 5.50. The van der Waals surface area contributed by atoms with Crippen LogP contribution < -0.4 is 9.62 Å². The number of rotatable bonds is 5. The molecule has 0 aromatic heterocycles. The van der Waals surface area contributed by atoms with Gasteiger partial charge in [0.2, 0.25) is 15.9 Å². The number of carbonyl (C=O) groups excluding carboxylic acids is 1. The zero-order chi connectivity index (χ0) is 17.5. The monoisotopic (exact) mass is 414 g/mol. The van der Waals surface area contributed by atoms with Gasteiger partial charge in [0.15, 0.2) is 0 Å². The summed E-state index contributed by atoms with van der Waals surface area (Å²) in [5.74, 6) is 1.08. The zero-order valence-corrected chi connectivity index (χ0v) is 16.4. The molecule has 0 radical (unpaired) electrons. The Morgan fingerprint density at radius 2 is 2.08 bits per heavy atom. The van der Waals surface area contributed by atoms with Gasteiger partial charge < -0.3 is 5.32 Å². The molecule has 1 aromatic carbocycles. The SMILES string of the molecule is Cc1cc(N(CC(=O)N[C@H]2C[C@@H]3CC[C@@H]2C3)S(C)(=O)=O)ccc1Br. The number of amides is 1. The van der Waals surface area contributed by atoms with Gasteiger partial charge >= 0.3 is 0 Å². The Labute approximate surface area is 152 Å². The minimum absolute atomic E-state index is 0.173. The Balaban J connectivity index is 1.72. The van der Waals surface area contributed by atoms with Crippen molar-refractivity contribution in [3.63, 3.8) is 0 Å². The van der Waals surface area contributed by atoms with E-state index in [-0.39, 0.29) is 18.5 Å². The van der Waals surface area contributed by atoms with Crippen LogP contribution in [0.15, 0.2) is 22.7 Å². The first kappa shape index (κ1) is 17.7. The van der Waals surface area contributed by atoms with Crippen LogP contribution in [0.1, 0.15) is 31.2 Å². The summed E-state index contributed by atoms with van der Waals surface area (Å²) < 4.78 is 26.4. The minimum atomic E-state index is -3.53. The van der Waals surface area contributed by atoms with E-state index in [9.17, 15) is 13.2 Å². The normalized spacial score (nSPS) is 25.7. The van der Waals surface area contributed by atoms with Crippen LogP contribution >= 0.6 is 15.9 Å². The molecule has 2 bridgehead atoms. The lowest BCUT2D eigenvalue weighted by Crippen LogP contribution is -2.45. The van der Waals surface area contributed by atoms with E-state index in [0.717, 1.165) is 28.6 Å². The van der Waals surface area contributed by atoms with Gasteiger partial charge in [0.1, 0.15) is 6.54 Å². The third-order valence-corrected chi connectivity index (χ3v) is 7.23. The van der Waals surface area contributed by atoms with Crippen molar-refractivity contribution < 1.29 is 13.2 Å². The van der Waals surface area contributed by atoms with Crippen LogP contribution in [0, 0.1) is 18.8 Å². The lowest BCUT2D eigenvalue weighted by Gasteiger charge is -2.26. The van der Waals surface area contributed by atoms with Gasteiger partial charge in [-0.05, 0) is 61.8 Å². The topological polar surface area (TPSA) is 66.5 Å². The van der Waals surface area contributed by atoms with Crippen LogP contribution in [0.2, 0.25) is 0 Å². The molecule has 1 N–H and O–H groups in total.